The van der Waals surface area contributed by atoms with Crippen molar-refractivity contribution >= 4 is 5.78 Å². The summed E-state index contributed by atoms with van der Waals surface area (Å²) in [6, 6.07) is 17.1. The molecule has 2 fully saturated rings. The van der Waals surface area contributed by atoms with Crippen molar-refractivity contribution in [3.05, 3.63) is 59.7 Å². The third kappa shape index (κ3) is 3.72. The van der Waals surface area contributed by atoms with Crippen molar-refractivity contribution < 1.29 is 14.3 Å². The zero-order valence-corrected chi connectivity index (χ0v) is 16.1. The maximum absolute atomic E-state index is 13.2. The highest BCUT2D eigenvalue weighted by molar-refractivity contribution is 5.98. The van der Waals surface area contributed by atoms with E-state index >= 15 is 0 Å². The molecule has 2 aromatic rings. The number of methoxy groups -OCH3 is 2. The second-order valence-electron chi connectivity index (χ2n) is 7.68. The maximum atomic E-state index is 13.2. The van der Waals surface area contributed by atoms with Crippen LogP contribution in [0.4, 0.5) is 0 Å². The Morgan fingerprint density at radius 3 is 2.11 bits per heavy atom. The van der Waals surface area contributed by atoms with Gasteiger partial charge in [0.05, 0.1) is 14.2 Å². The molecule has 4 rings (SSSR count). The number of fused-ring (bicyclic) bond motifs is 2. The maximum Gasteiger partial charge on any atom is 0.166 e. The summed E-state index contributed by atoms with van der Waals surface area (Å²) in [5, 5.41) is 0. The van der Waals surface area contributed by atoms with Crippen LogP contribution in [0.3, 0.4) is 0 Å². The van der Waals surface area contributed by atoms with Gasteiger partial charge in [0.25, 0.3) is 0 Å². The van der Waals surface area contributed by atoms with Crippen LogP contribution in [-0.4, -0.2) is 37.0 Å². The van der Waals surface area contributed by atoms with Gasteiger partial charge in [-0.05, 0) is 43.4 Å². The zero-order valence-electron chi connectivity index (χ0n) is 16.1. The van der Waals surface area contributed by atoms with E-state index in [2.05, 4.69) is 35.2 Å². The minimum atomic E-state index is 0.0892. The molecule has 0 aliphatic carbocycles. The van der Waals surface area contributed by atoms with Gasteiger partial charge in [0.15, 0.2) is 5.78 Å². The molecule has 2 atom stereocenters. The summed E-state index contributed by atoms with van der Waals surface area (Å²) in [4.78, 5) is 15.8. The molecule has 0 amide bonds. The third-order valence-electron chi connectivity index (χ3n) is 6.10. The van der Waals surface area contributed by atoms with E-state index in [1.165, 1.54) is 18.4 Å². The van der Waals surface area contributed by atoms with Gasteiger partial charge in [-0.15, -0.1) is 0 Å². The predicted molar refractivity (Wildman–Crippen MR) is 105 cm³/mol. The van der Waals surface area contributed by atoms with Gasteiger partial charge < -0.3 is 9.47 Å². The summed E-state index contributed by atoms with van der Waals surface area (Å²) >= 11 is 0. The van der Waals surface area contributed by atoms with Crippen LogP contribution < -0.4 is 9.47 Å². The van der Waals surface area contributed by atoms with E-state index in [0.717, 1.165) is 19.4 Å². The van der Waals surface area contributed by atoms with Crippen molar-refractivity contribution in [3.8, 4) is 11.5 Å². The lowest BCUT2D eigenvalue weighted by Gasteiger charge is -2.38. The fraction of sp³-hybridized carbons (Fsp3) is 0.435. The van der Waals surface area contributed by atoms with E-state index in [1.54, 1.807) is 14.2 Å². The minimum absolute atomic E-state index is 0.0892. The van der Waals surface area contributed by atoms with E-state index in [4.69, 9.17) is 9.47 Å². The molecule has 0 saturated carbocycles. The number of carbonyl (C=O) groups excluding carboxylic acids is 1. The van der Waals surface area contributed by atoms with E-state index in [0.29, 0.717) is 29.1 Å². The lowest BCUT2D eigenvalue weighted by Crippen LogP contribution is -2.44. The summed E-state index contributed by atoms with van der Waals surface area (Å²) in [6.07, 6.45) is 4.29. The van der Waals surface area contributed by atoms with Crippen molar-refractivity contribution in [3.63, 3.8) is 0 Å². The zero-order chi connectivity index (χ0) is 18.8. The first-order chi connectivity index (χ1) is 13.2. The first kappa shape index (κ1) is 18.1. The summed E-state index contributed by atoms with van der Waals surface area (Å²) < 4.78 is 10.7. The molecule has 0 aromatic heterocycles. The Balaban J connectivity index is 1.49. The van der Waals surface area contributed by atoms with E-state index in [1.807, 2.05) is 18.2 Å². The van der Waals surface area contributed by atoms with Gasteiger partial charge in [-0.25, -0.2) is 0 Å². The van der Waals surface area contributed by atoms with Crippen LogP contribution >= 0.6 is 0 Å². The normalized spacial score (nSPS) is 24.6. The number of carbonyl (C=O) groups is 1. The second kappa shape index (κ2) is 7.73. The molecule has 2 heterocycles. The number of ketones is 1. The van der Waals surface area contributed by atoms with Gasteiger partial charge in [-0.1, -0.05) is 30.3 Å². The number of nitrogens with zero attached hydrogens (tertiary/aromatic N) is 1. The minimum Gasteiger partial charge on any atom is -0.497 e. The van der Waals surface area contributed by atoms with Crippen LogP contribution in [0.15, 0.2) is 48.5 Å². The highest BCUT2D eigenvalue weighted by Crippen LogP contribution is 2.41. The van der Waals surface area contributed by atoms with E-state index in [-0.39, 0.29) is 11.7 Å². The predicted octanol–water partition coefficient (Wildman–Crippen LogP) is 4.33. The Morgan fingerprint density at radius 2 is 1.56 bits per heavy atom. The Bertz CT molecular complexity index is 768. The molecule has 0 radical (unpaired) electrons. The van der Waals surface area contributed by atoms with Crippen LogP contribution in [0, 0.1) is 5.92 Å². The average molecular weight is 365 g/mol. The molecule has 2 aliphatic heterocycles. The van der Waals surface area contributed by atoms with Crippen molar-refractivity contribution in [2.75, 3.05) is 14.2 Å². The SMILES string of the molecule is COc1cc(OC)cc(C(=O)C2CC3CCC(C2)N3Cc2ccccc2)c1. The molecule has 0 spiro atoms. The van der Waals surface area contributed by atoms with E-state index < -0.39 is 0 Å². The van der Waals surface area contributed by atoms with Crippen LogP contribution in [0.25, 0.3) is 0 Å². The Kier molecular flexibility index (Phi) is 5.17. The Hall–Kier alpha value is -2.33. The topological polar surface area (TPSA) is 38.8 Å². The Morgan fingerprint density at radius 1 is 0.963 bits per heavy atom. The summed E-state index contributed by atoms with van der Waals surface area (Å²) in [6.45, 7) is 0.990. The first-order valence-electron chi connectivity index (χ1n) is 9.75. The number of Topliss-reactive ketones (excluding diaryl/α,β-unsaturated/α-hetero) is 1. The molecule has 2 saturated heterocycles. The monoisotopic (exact) mass is 365 g/mol. The lowest BCUT2D eigenvalue weighted by molar-refractivity contribution is 0.0677. The average Bonchev–Trinajstić information content (AvgIpc) is 2.94. The third-order valence-corrected chi connectivity index (χ3v) is 6.10. The van der Waals surface area contributed by atoms with Crippen molar-refractivity contribution in [1.82, 2.24) is 4.90 Å². The molecule has 2 aromatic carbocycles. The van der Waals surface area contributed by atoms with Crippen molar-refractivity contribution in [2.24, 2.45) is 5.92 Å². The highest BCUT2D eigenvalue weighted by Gasteiger charge is 2.42. The molecule has 2 aliphatic rings. The van der Waals surface area contributed by atoms with Crippen molar-refractivity contribution in [1.29, 1.82) is 0 Å². The van der Waals surface area contributed by atoms with E-state index in [9.17, 15) is 4.79 Å². The number of rotatable bonds is 6. The molecular weight excluding hydrogens is 338 g/mol. The van der Waals surface area contributed by atoms with Gasteiger partial charge in [-0.3, -0.25) is 9.69 Å². The number of piperidine rings is 1. The molecule has 2 bridgehead atoms. The molecule has 27 heavy (non-hydrogen) atoms. The highest BCUT2D eigenvalue weighted by atomic mass is 16.5. The number of hydrogen-bond donors (Lipinski definition) is 0. The summed E-state index contributed by atoms with van der Waals surface area (Å²) in [5.74, 6) is 1.65. The fourth-order valence-electron chi connectivity index (χ4n) is 4.73. The van der Waals surface area contributed by atoms with Gasteiger partial charge in [0.2, 0.25) is 0 Å². The summed E-state index contributed by atoms with van der Waals surface area (Å²) in [7, 11) is 3.23. The Labute approximate surface area is 161 Å². The molecule has 4 heteroatoms. The van der Waals surface area contributed by atoms with Gasteiger partial charge in [0, 0.05) is 36.2 Å². The van der Waals surface area contributed by atoms with Crippen LogP contribution in [0.5, 0.6) is 11.5 Å². The smallest absolute Gasteiger partial charge is 0.166 e. The van der Waals surface area contributed by atoms with Crippen LogP contribution in [0.2, 0.25) is 0 Å². The standard InChI is InChI=1S/C23H27NO3/c1-26-21-12-18(13-22(14-21)27-2)23(25)17-10-19-8-9-20(11-17)24(19)15-16-6-4-3-5-7-16/h3-7,12-14,17,19-20H,8-11,15H2,1-2H3. The number of hydrogen-bond acceptors (Lipinski definition) is 4. The fourth-order valence-corrected chi connectivity index (χ4v) is 4.73. The number of benzene rings is 2. The quantitative estimate of drug-likeness (QED) is 0.714. The largest absolute Gasteiger partial charge is 0.497 e. The van der Waals surface area contributed by atoms with Gasteiger partial charge in [0.1, 0.15) is 11.5 Å². The molecule has 142 valence electrons. The molecule has 0 N–H and O–H groups in total. The van der Waals surface area contributed by atoms with Gasteiger partial charge >= 0.3 is 0 Å². The summed E-state index contributed by atoms with van der Waals surface area (Å²) in [5.41, 5.74) is 2.06. The number of ether oxygens (including phenoxy) is 2. The van der Waals surface area contributed by atoms with Crippen LogP contribution in [-0.2, 0) is 6.54 Å². The second-order valence-corrected chi connectivity index (χ2v) is 7.68. The van der Waals surface area contributed by atoms with Gasteiger partial charge in [-0.2, -0.15) is 0 Å². The molecule has 2 unspecified atom stereocenters. The molecule has 4 nitrogen and oxygen atoms in total. The van der Waals surface area contributed by atoms with Crippen LogP contribution in [0.1, 0.15) is 41.6 Å². The molecular formula is C23H27NO3. The van der Waals surface area contributed by atoms with Crippen molar-refractivity contribution in [2.45, 2.75) is 44.3 Å². The lowest BCUT2D eigenvalue weighted by atomic mass is 9.84. The first-order valence-corrected chi connectivity index (χ1v) is 9.75.